The minimum atomic E-state index is 0.194. The highest BCUT2D eigenvalue weighted by molar-refractivity contribution is 5.33. The van der Waals surface area contributed by atoms with E-state index in [1.165, 1.54) is 30.4 Å². The van der Waals surface area contributed by atoms with Crippen LogP contribution in [-0.4, -0.2) is 12.1 Å². The monoisotopic (exact) mass is 231 g/mol. The van der Waals surface area contributed by atoms with Gasteiger partial charge in [-0.05, 0) is 44.4 Å². The Bertz CT molecular complexity index is 377. The van der Waals surface area contributed by atoms with Gasteiger partial charge in [-0.2, -0.15) is 0 Å². The molecule has 0 aliphatic carbocycles. The molecule has 1 heterocycles. The summed E-state index contributed by atoms with van der Waals surface area (Å²) in [7, 11) is 0. The van der Waals surface area contributed by atoms with Gasteiger partial charge in [0, 0.05) is 11.0 Å². The maximum atomic E-state index is 3.62. The van der Waals surface area contributed by atoms with E-state index in [0.717, 1.165) is 6.54 Å². The SMILES string of the molecule is CCCc1ccc(C2(C)CCNC2(C)C)cc1. The van der Waals surface area contributed by atoms with Gasteiger partial charge in [0.2, 0.25) is 0 Å². The summed E-state index contributed by atoms with van der Waals surface area (Å²) in [5.41, 5.74) is 3.40. The van der Waals surface area contributed by atoms with E-state index in [1.807, 2.05) is 0 Å². The summed E-state index contributed by atoms with van der Waals surface area (Å²) in [6, 6.07) is 9.27. The van der Waals surface area contributed by atoms with Gasteiger partial charge in [-0.1, -0.05) is 44.5 Å². The van der Waals surface area contributed by atoms with Crippen molar-refractivity contribution < 1.29 is 0 Å². The van der Waals surface area contributed by atoms with Gasteiger partial charge in [0.1, 0.15) is 0 Å². The number of hydrogen-bond donors (Lipinski definition) is 1. The topological polar surface area (TPSA) is 12.0 Å². The average Bonchev–Trinajstić information content (AvgIpc) is 2.56. The van der Waals surface area contributed by atoms with Crippen LogP contribution >= 0.6 is 0 Å². The van der Waals surface area contributed by atoms with Crippen molar-refractivity contribution in [3.8, 4) is 0 Å². The predicted molar refractivity (Wildman–Crippen MR) is 74.5 cm³/mol. The van der Waals surface area contributed by atoms with Crippen molar-refractivity contribution in [2.45, 2.75) is 57.9 Å². The summed E-state index contributed by atoms with van der Waals surface area (Å²) in [6.07, 6.45) is 3.65. The fourth-order valence-corrected chi connectivity index (χ4v) is 2.97. The minimum absolute atomic E-state index is 0.194. The first-order chi connectivity index (χ1) is 7.99. The maximum absolute atomic E-state index is 3.62. The van der Waals surface area contributed by atoms with Gasteiger partial charge in [0.15, 0.2) is 0 Å². The Balaban J connectivity index is 2.28. The van der Waals surface area contributed by atoms with E-state index in [0.29, 0.717) is 0 Å². The molecule has 0 bridgehead atoms. The fourth-order valence-electron chi connectivity index (χ4n) is 2.97. The molecule has 1 aliphatic rings. The van der Waals surface area contributed by atoms with E-state index in [4.69, 9.17) is 0 Å². The lowest BCUT2D eigenvalue weighted by Gasteiger charge is -2.38. The third kappa shape index (κ3) is 2.13. The van der Waals surface area contributed by atoms with Crippen LogP contribution in [0, 0.1) is 0 Å². The average molecular weight is 231 g/mol. The van der Waals surface area contributed by atoms with Crippen molar-refractivity contribution in [1.82, 2.24) is 5.32 Å². The molecular weight excluding hydrogens is 206 g/mol. The van der Waals surface area contributed by atoms with E-state index in [1.54, 1.807) is 0 Å². The van der Waals surface area contributed by atoms with Gasteiger partial charge in [-0.3, -0.25) is 0 Å². The summed E-state index contributed by atoms with van der Waals surface area (Å²) in [5, 5.41) is 3.62. The highest BCUT2D eigenvalue weighted by Crippen LogP contribution is 2.41. The fraction of sp³-hybridized carbons (Fsp3) is 0.625. The standard InChI is InChI=1S/C16H25N/c1-5-6-13-7-9-14(10-8-13)16(4)11-12-17-15(16,2)3/h7-10,17H,5-6,11-12H2,1-4H3. The zero-order chi connectivity index (χ0) is 12.5. The van der Waals surface area contributed by atoms with Crippen LogP contribution in [0.15, 0.2) is 24.3 Å². The zero-order valence-corrected chi connectivity index (χ0v) is 11.6. The van der Waals surface area contributed by atoms with Crippen LogP contribution in [0.1, 0.15) is 51.7 Å². The first-order valence-electron chi connectivity index (χ1n) is 6.84. The molecule has 0 saturated carbocycles. The van der Waals surface area contributed by atoms with Gasteiger partial charge in [0.25, 0.3) is 0 Å². The van der Waals surface area contributed by atoms with Gasteiger partial charge >= 0.3 is 0 Å². The Kier molecular flexibility index (Phi) is 3.31. The van der Waals surface area contributed by atoms with E-state index in [9.17, 15) is 0 Å². The Morgan fingerprint density at radius 3 is 2.24 bits per heavy atom. The van der Waals surface area contributed by atoms with Crippen LogP contribution < -0.4 is 5.32 Å². The molecule has 1 fully saturated rings. The molecule has 1 heteroatoms. The summed E-state index contributed by atoms with van der Waals surface area (Å²) < 4.78 is 0. The Morgan fingerprint density at radius 2 is 1.76 bits per heavy atom. The molecule has 17 heavy (non-hydrogen) atoms. The molecule has 1 aromatic rings. The molecule has 0 spiro atoms. The maximum Gasteiger partial charge on any atom is 0.0219 e. The van der Waals surface area contributed by atoms with E-state index < -0.39 is 0 Å². The van der Waals surface area contributed by atoms with Crippen LogP contribution in [0.2, 0.25) is 0 Å². The Morgan fingerprint density at radius 1 is 1.12 bits per heavy atom. The molecule has 2 rings (SSSR count). The molecule has 0 aromatic heterocycles. The highest BCUT2D eigenvalue weighted by Gasteiger charge is 2.45. The summed E-state index contributed by atoms with van der Waals surface area (Å²) in [4.78, 5) is 0. The van der Waals surface area contributed by atoms with Crippen molar-refractivity contribution >= 4 is 0 Å². The van der Waals surface area contributed by atoms with Gasteiger partial charge in [-0.15, -0.1) is 0 Å². The number of aryl methyl sites for hydroxylation is 1. The van der Waals surface area contributed by atoms with Crippen LogP contribution in [0.3, 0.4) is 0 Å². The number of hydrogen-bond acceptors (Lipinski definition) is 1. The largest absolute Gasteiger partial charge is 0.311 e. The molecule has 1 saturated heterocycles. The second kappa shape index (κ2) is 4.45. The second-order valence-corrected chi connectivity index (χ2v) is 6.08. The summed E-state index contributed by atoms with van der Waals surface area (Å²) in [5.74, 6) is 0. The molecule has 1 N–H and O–H groups in total. The van der Waals surface area contributed by atoms with Crippen LogP contribution in [0.4, 0.5) is 0 Å². The van der Waals surface area contributed by atoms with Crippen molar-refractivity contribution in [3.05, 3.63) is 35.4 Å². The molecular formula is C16H25N. The summed E-state index contributed by atoms with van der Waals surface area (Å²) in [6.45, 7) is 10.4. The van der Waals surface area contributed by atoms with E-state index in [-0.39, 0.29) is 11.0 Å². The Labute approximate surface area is 106 Å². The lowest BCUT2D eigenvalue weighted by Crippen LogP contribution is -2.47. The third-order valence-corrected chi connectivity index (χ3v) is 4.70. The second-order valence-electron chi connectivity index (χ2n) is 6.08. The van der Waals surface area contributed by atoms with Crippen molar-refractivity contribution in [2.24, 2.45) is 0 Å². The first kappa shape index (κ1) is 12.6. The zero-order valence-electron chi connectivity index (χ0n) is 11.6. The lowest BCUT2D eigenvalue weighted by atomic mass is 9.69. The van der Waals surface area contributed by atoms with Gasteiger partial charge in [0.05, 0.1) is 0 Å². The quantitative estimate of drug-likeness (QED) is 0.837. The Hall–Kier alpha value is -0.820. The first-order valence-corrected chi connectivity index (χ1v) is 6.84. The minimum Gasteiger partial charge on any atom is -0.311 e. The van der Waals surface area contributed by atoms with Gasteiger partial charge < -0.3 is 5.32 Å². The lowest BCUT2D eigenvalue weighted by molar-refractivity contribution is 0.297. The highest BCUT2D eigenvalue weighted by atomic mass is 15.0. The van der Waals surface area contributed by atoms with Gasteiger partial charge in [-0.25, -0.2) is 0 Å². The molecule has 0 amide bonds. The molecule has 94 valence electrons. The third-order valence-electron chi connectivity index (χ3n) is 4.70. The van der Waals surface area contributed by atoms with Crippen LogP contribution in [-0.2, 0) is 11.8 Å². The normalized spacial score (nSPS) is 27.3. The van der Waals surface area contributed by atoms with Crippen molar-refractivity contribution in [3.63, 3.8) is 0 Å². The number of benzene rings is 1. The smallest absolute Gasteiger partial charge is 0.0219 e. The van der Waals surface area contributed by atoms with E-state index in [2.05, 4.69) is 57.3 Å². The molecule has 1 atom stereocenters. The molecule has 1 nitrogen and oxygen atoms in total. The van der Waals surface area contributed by atoms with Crippen LogP contribution in [0.5, 0.6) is 0 Å². The molecule has 1 aromatic carbocycles. The van der Waals surface area contributed by atoms with E-state index >= 15 is 0 Å². The molecule has 1 unspecified atom stereocenters. The summed E-state index contributed by atoms with van der Waals surface area (Å²) >= 11 is 0. The van der Waals surface area contributed by atoms with Crippen molar-refractivity contribution in [2.75, 3.05) is 6.54 Å². The number of rotatable bonds is 3. The molecule has 1 aliphatic heterocycles. The number of nitrogens with one attached hydrogen (secondary N) is 1. The van der Waals surface area contributed by atoms with Crippen molar-refractivity contribution in [1.29, 1.82) is 0 Å². The molecule has 0 radical (unpaired) electrons. The van der Waals surface area contributed by atoms with Crippen LogP contribution in [0.25, 0.3) is 0 Å². The predicted octanol–water partition coefficient (Wildman–Crippen LogP) is 3.67.